The van der Waals surface area contributed by atoms with Gasteiger partial charge < -0.3 is 11.1 Å². The van der Waals surface area contributed by atoms with Gasteiger partial charge in [0, 0.05) is 28.6 Å². The second kappa shape index (κ2) is 8.70. The Morgan fingerprint density at radius 1 is 1.25 bits per heavy atom. The van der Waals surface area contributed by atoms with Crippen LogP contribution in [-0.4, -0.2) is 33.7 Å². The Morgan fingerprint density at radius 3 is 2.25 bits per heavy atom. The Kier molecular flexibility index (Phi) is 8.47. The zero-order valence-corrected chi connectivity index (χ0v) is 11.3. The van der Waals surface area contributed by atoms with Crippen LogP contribution in [-0.2, 0) is 15.6 Å². The summed E-state index contributed by atoms with van der Waals surface area (Å²) in [6.07, 6.45) is 2.60. The van der Waals surface area contributed by atoms with Crippen molar-refractivity contribution in [1.29, 1.82) is 0 Å². The van der Waals surface area contributed by atoms with Crippen LogP contribution in [0.15, 0.2) is 0 Å². The maximum atomic E-state index is 11.6. The van der Waals surface area contributed by atoms with Crippen molar-refractivity contribution in [2.45, 2.75) is 52.1 Å². The minimum Gasteiger partial charge on any atom is -0.353 e. The molecule has 0 spiro atoms. The molecule has 16 heavy (non-hydrogen) atoms. The summed E-state index contributed by atoms with van der Waals surface area (Å²) in [5.41, 5.74) is 5.68. The van der Waals surface area contributed by atoms with E-state index < -0.39 is 10.8 Å². The minimum atomic E-state index is -1.14. The summed E-state index contributed by atoms with van der Waals surface area (Å²) in [5, 5.41) is 2.87. The number of nitrogens with one attached hydrogen (secondary N) is 1. The van der Waals surface area contributed by atoms with Gasteiger partial charge >= 0.3 is 0 Å². The molecule has 3 N–H and O–H groups in total. The summed E-state index contributed by atoms with van der Waals surface area (Å²) in [6, 6.07) is 0.131. The molecule has 5 heteroatoms. The van der Waals surface area contributed by atoms with E-state index in [4.69, 9.17) is 5.73 Å². The third-order valence-corrected chi connectivity index (χ3v) is 3.95. The molecule has 0 rings (SSSR count). The van der Waals surface area contributed by atoms with Crippen molar-refractivity contribution in [2.24, 2.45) is 5.73 Å². The summed E-state index contributed by atoms with van der Waals surface area (Å²) < 4.78 is 11.6. The van der Waals surface area contributed by atoms with E-state index in [1.54, 1.807) is 0 Å². The van der Waals surface area contributed by atoms with Crippen molar-refractivity contribution in [3.8, 4) is 0 Å². The summed E-state index contributed by atoms with van der Waals surface area (Å²) in [5.74, 6) is 0.354. The van der Waals surface area contributed by atoms with Crippen LogP contribution in [0.5, 0.6) is 0 Å². The van der Waals surface area contributed by atoms with Gasteiger partial charge in [-0.2, -0.15) is 0 Å². The molecule has 0 bridgehead atoms. The number of rotatable bonds is 8. The molecule has 0 aromatic carbocycles. The van der Waals surface area contributed by atoms with Gasteiger partial charge in [0.25, 0.3) is 0 Å². The van der Waals surface area contributed by atoms with Gasteiger partial charge in [-0.25, -0.2) is 0 Å². The van der Waals surface area contributed by atoms with Crippen LogP contribution in [0.2, 0.25) is 0 Å². The molecule has 4 nitrogen and oxygen atoms in total. The highest BCUT2D eigenvalue weighted by Gasteiger charge is 2.13. The fourth-order valence-electron chi connectivity index (χ4n) is 1.32. The normalized spacial score (nSPS) is 14.8. The molecule has 1 amide bonds. The predicted molar refractivity (Wildman–Crippen MR) is 68.7 cm³/mol. The SMILES string of the molecule is CCC(N)CS(=O)CC(=O)NC(CC)CC. The molecule has 2 atom stereocenters. The van der Waals surface area contributed by atoms with E-state index in [2.05, 4.69) is 5.32 Å². The molecule has 0 heterocycles. The Morgan fingerprint density at radius 2 is 1.81 bits per heavy atom. The van der Waals surface area contributed by atoms with Crippen molar-refractivity contribution in [2.75, 3.05) is 11.5 Å². The summed E-state index contributed by atoms with van der Waals surface area (Å²) in [6.45, 7) is 6.00. The van der Waals surface area contributed by atoms with Crippen LogP contribution in [0, 0.1) is 0 Å². The van der Waals surface area contributed by atoms with Gasteiger partial charge in [0.05, 0.1) is 0 Å². The molecule has 0 fully saturated rings. The molecule has 2 unspecified atom stereocenters. The Labute approximate surface area is 101 Å². The van der Waals surface area contributed by atoms with E-state index in [-0.39, 0.29) is 23.7 Å². The zero-order valence-electron chi connectivity index (χ0n) is 10.5. The van der Waals surface area contributed by atoms with Gasteiger partial charge in [0.2, 0.25) is 5.91 Å². The van der Waals surface area contributed by atoms with Gasteiger partial charge in [0.1, 0.15) is 5.75 Å². The first kappa shape index (κ1) is 15.6. The van der Waals surface area contributed by atoms with Crippen molar-refractivity contribution in [3.05, 3.63) is 0 Å². The van der Waals surface area contributed by atoms with Crippen molar-refractivity contribution in [1.82, 2.24) is 5.32 Å². The summed E-state index contributed by atoms with van der Waals surface area (Å²) >= 11 is 0. The lowest BCUT2D eigenvalue weighted by Crippen LogP contribution is -2.38. The first-order valence-electron chi connectivity index (χ1n) is 5.93. The molecule has 0 saturated heterocycles. The molecule has 0 radical (unpaired) electrons. The van der Waals surface area contributed by atoms with Crippen LogP contribution in [0.25, 0.3) is 0 Å². The van der Waals surface area contributed by atoms with E-state index in [1.807, 2.05) is 20.8 Å². The quantitative estimate of drug-likeness (QED) is 0.666. The summed E-state index contributed by atoms with van der Waals surface area (Å²) in [4.78, 5) is 11.5. The van der Waals surface area contributed by atoms with Crippen molar-refractivity contribution < 1.29 is 9.00 Å². The average Bonchev–Trinajstić information content (AvgIpc) is 2.25. The largest absolute Gasteiger partial charge is 0.353 e. The highest BCUT2D eigenvalue weighted by molar-refractivity contribution is 7.85. The smallest absolute Gasteiger partial charge is 0.232 e. The molecule has 0 aromatic heterocycles. The highest BCUT2D eigenvalue weighted by atomic mass is 32.2. The summed E-state index contributed by atoms with van der Waals surface area (Å²) in [7, 11) is -1.14. The van der Waals surface area contributed by atoms with E-state index in [0.717, 1.165) is 19.3 Å². The third kappa shape index (κ3) is 6.95. The first-order valence-corrected chi connectivity index (χ1v) is 7.42. The van der Waals surface area contributed by atoms with Crippen LogP contribution >= 0.6 is 0 Å². The molecule has 96 valence electrons. The molecule has 0 aliphatic rings. The third-order valence-electron chi connectivity index (χ3n) is 2.57. The van der Waals surface area contributed by atoms with E-state index in [9.17, 15) is 9.00 Å². The fraction of sp³-hybridized carbons (Fsp3) is 0.909. The second-order valence-electron chi connectivity index (χ2n) is 4.00. The van der Waals surface area contributed by atoms with Gasteiger partial charge in [-0.1, -0.05) is 20.8 Å². The maximum Gasteiger partial charge on any atom is 0.232 e. The fourth-order valence-corrected chi connectivity index (χ4v) is 2.53. The zero-order chi connectivity index (χ0) is 12.6. The minimum absolute atomic E-state index is 0.0678. The van der Waals surface area contributed by atoms with Crippen LogP contribution < -0.4 is 11.1 Å². The number of amides is 1. The molecular weight excluding hydrogens is 224 g/mol. The van der Waals surface area contributed by atoms with Gasteiger partial charge in [0.15, 0.2) is 0 Å². The van der Waals surface area contributed by atoms with Gasteiger partial charge in [-0.15, -0.1) is 0 Å². The molecule has 0 aromatic rings. The monoisotopic (exact) mass is 248 g/mol. The Balaban J connectivity index is 3.90. The standard InChI is InChI=1S/C11H24N2O2S/c1-4-9(12)7-16(15)8-11(14)13-10(5-2)6-3/h9-10H,4-8,12H2,1-3H3,(H,13,14). The number of hydrogen-bond acceptors (Lipinski definition) is 3. The number of nitrogens with two attached hydrogens (primary N) is 1. The lowest BCUT2D eigenvalue weighted by molar-refractivity contribution is -0.119. The van der Waals surface area contributed by atoms with Crippen molar-refractivity contribution in [3.63, 3.8) is 0 Å². The lowest BCUT2D eigenvalue weighted by atomic mass is 10.2. The van der Waals surface area contributed by atoms with Gasteiger partial charge in [-0.05, 0) is 19.3 Å². The topological polar surface area (TPSA) is 72.2 Å². The number of hydrogen-bond donors (Lipinski definition) is 2. The van der Waals surface area contributed by atoms with E-state index in [1.165, 1.54) is 0 Å². The van der Waals surface area contributed by atoms with E-state index >= 15 is 0 Å². The van der Waals surface area contributed by atoms with Crippen LogP contribution in [0.4, 0.5) is 0 Å². The lowest BCUT2D eigenvalue weighted by Gasteiger charge is -2.15. The van der Waals surface area contributed by atoms with Crippen LogP contribution in [0.1, 0.15) is 40.0 Å². The van der Waals surface area contributed by atoms with Crippen LogP contribution in [0.3, 0.4) is 0 Å². The number of carbonyl (C=O) groups excluding carboxylic acids is 1. The highest BCUT2D eigenvalue weighted by Crippen LogP contribution is 1.97. The molecular formula is C11H24N2O2S. The molecule has 0 aliphatic carbocycles. The Bertz CT molecular complexity index is 230. The van der Waals surface area contributed by atoms with Crippen molar-refractivity contribution >= 4 is 16.7 Å². The second-order valence-corrected chi connectivity index (χ2v) is 5.50. The van der Waals surface area contributed by atoms with Gasteiger partial charge in [-0.3, -0.25) is 9.00 Å². The van der Waals surface area contributed by atoms with E-state index in [0.29, 0.717) is 5.75 Å². The first-order chi connectivity index (χ1) is 7.53. The predicted octanol–water partition coefficient (Wildman–Crippen LogP) is 0.777. The maximum absolute atomic E-state index is 11.6. The number of carbonyl (C=O) groups is 1. The Hall–Kier alpha value is -0.420. The molecule has 0 aliphatic heterocycles. The average molecular weight is 248 g/mol. The molecule has 0 saturated carbocycles.